The lowest BCUT2D eigenvalue weighted by Gasteiger charge is -2.21. The summed E-state index contributed by atoms with van der Waals surface area (Å²) in [5, 5.41) is -0.678. The van der Waals surface area contributed by atoms with Crippen LogP contribution in [0.25, 0.3) is 10.9 Å². The summed E-state index contributed by atoms with van der Waals surface area (Å²) >= 11 is 0. The molecule has 2 aliphatic rings. The Morgan fingerprint density at radius 3 is 2.34 bits per heavy atom. The van der Waals surface area contributed by atoms with Gasteiger partial charge in [0.25, 0.3) is 0 Å². The van der Waals surface area contributed by atoms with Gasteiger partial charge in [0, 0.05) is 29.2 Å². The van der Waals surface area contributed by atoms with Crippen molar-refractivity contribution >= 4 is 20.9 Å². The number of fused-ring (bicyclic) bond motifs is 1. The number of benzene rings is 1. The van der Waals surface area contributed by atoms with Crippen LogP contribution in [0.3, 0.4) is 0 Å². The molecule has 1 atom stereocenters. The molecule has 4 nitrogen and oxygen atoms in total. The van der Waals surface area contributed by atoms with Gasteiger partial charge in [0.05, 0.1) is 5.25 Å². The number of aromatic nitrogens is 1. The van der Waals surface area contributed by atoms with Crippen LogP contribution in [0.2, 0.25) is 0 Å². The van der Waals surface area contributed by atoms with Gasteiger partial charge in [-0.05, 0) is 55.2 Å². The van der Waals surface area contributed by atoms with Crippen LogP contribution in [0.15, 0.2) is 18.3 Å². The summed E-state index contributed by atoms with van der Waals surface area (Å²) in [7, 11) is -4.09. The van der Waals surface area contributed by atoms with Crippen molar-refractivity contribution in [3.8, 4) is 0 Å². The predicted octanol–water partition coefficient (Wildman–Crippen LogP) is 5.00. The molecule has 1 aromatic heterocycles. The van der Waals surface area contributed by atoms with Gasteiger partial charge in [0.15, 0.2) is 0 Å². The zero-order valence-electron chi connectivity index (χ0n) is 16.3. The molecule has 2 saturated carbocycles. The normalized spacial score (nSPS) is 19.3. The average Bonchev–Trinajstić information content (AvgIpc) is 3.48. The third kappa shape index (κ3) is 4.17. The SMILES string of the molecule is CC(C)Cn1cc(C(NS(=O)(=O)C2CC2)C(F)(F)F)c2cc(F)c(C3CC3)cc21. The monoisotopic (exact) mass is 432 g/mol. The first-order valence-electron chi connectivity index (χ1n) is 9.87. The second kappa shape index (κ2) is 6.97. The van der Waals surface area contributed by atoms with Crippen molar-refractivity contribution in [2.45, 2.75) is 69.5 Å². The lowest BCUT2D eigenvalue weighted by Crippen LogP contribution is -2.39. The molecule has 1 heterocycles. The molecule has 9 heteroatoms. The van der Waals surface area contributed by atoms with Gasteiger partial charge in [-0.2, -0.15) is 17.9 Å². The van der Waals surface area contributed by atoms with E-state index < -0.39 is 33.3 Å². The van der Waals surface area contributed by atoms with Crippen molar-refractivity contribution in [1.82, 2.24) is 9.29 Å². The zero-order chi connectivity index (χ0) is 21.1. The number of hydrogen-bond donors (Lipinski definition) is 1. The minimum absolute atomic E-state index is 0.105. The molecule has 0 spiro atoms. The van der Waals surface area contributed by atoms with Gasteiger partial charge in [-0.3, -0.25) is 0 Å². The largest absolute Gasteiger partial charge is 0.408 e. The summed E-state index contributed by atoms with van der Waals surface area (Å²) in [4.78, 5) is 0. The molecule has 2 fully saturated rings. The van der Waals surface area contributed by atoms with E-state index in [-0.39, 0.29) is 22.8 Å². The molecule has 0 saturated heterocycles. The van der Waals surface area contributed by atoms with E-state index in [0.717, 1.165) is 18.9 Å². The highest BCUT2D eigenvalue weighted by Gasteiger charge is 2.48. The highest BCUT2D eigenvalue weighted by Crippen LogP contribution is 2.45. The molecule has 160 valence electrons. The van der Waals surface area contributed by atoms with Crippen LogP contribution >= 0.6 is 0 Å². The van der Waals surface area contributed by atoms with Gasteiger partial charge >= 0.3 is 6.18 Å². The van der Waals surface area contributed by atoms with Gasteiger partial charge in [-0.1, -0.05) is 13.8 Å². The van der Waals surface area contributed by atoms with E-state index in [1.807, 2.05) is 18.6 Å². The van der Waals surface area contributed by atoms with E-state index in [2.05, 4.69) is 0 Å². The fourth-order valence-corrected chi connectivity index (χ4v) is 5.32. The lowest BCUT2D eigenvalue weighted by atomic mass is 10.0. The van der Waals surface area contributed by atoms with Crippen molar-refractivity contribution in [2.24, 2.45) is 5.92 Å². The maximum atomic E-state index is 14.7. The van der Waals surface area contributed by atoms with Crippen molar-refractivity contribution in [3.05, 3.63) is 35.3 Å². The van der Waals surface area contributed by atoms with E-state index >= 15 is 0 Å². The minimum Gasteiger partial charge on any atom is -0.347 e. The summed E-state index contributed by atoms with van der Waals surface area (Å²) in [5.74, 6) is -0.271. The van der Waals surface area contributed by atoms with Gasteiger partial charge in [0.1, 0.15) is 11.9 Å². The van der Waals surface area contributed by atoms with Crippen molar-refractivity contribution < 1.29 is 26.0 Å². The number of rotatable bonds is 7. The number of nitrogens with zero attached hydrogens (tertiary/aromatic N) is 1. The molecule has 2 aliphatic carbocycles. The third-order valence-electron chi connectivity index (χ3n) is 5.49. The Balaban J connectivity index is 1.86. The van der Waals surface area contributed by atoms with Crippen LogP contribution < -0.4 is 4.72 Å². The summed E-state index contributed by atoms with van der Waals surface area (Å²) in [6.45, 7) is 4.33. The average molecular weight is 432 g/mol. The van der Waals surface area contributed by atoms with E-state index in [4.69, 9.17) is 0 Å². The Hall–Kier alpha value is -1.61. The molecular weight excluding hydrogens is 408 g/mol. The van der Waals surface area contributed by atoms with Crippen LogP contribution in [-0.4, -0.2) is 24.4 Å². The third-order valence-corrected chi connectivity index (χ3v) is 7.41. The Morgan fingerprint density at radius 1 is 1.17 bits per heavy atom. The van der Waals surface area contributed by atoms with Gasteiger partial charge in [-0.25, -0.2) is 12.8 Å². The minimum atomic E-state index is -4.84. The van der Waals surface area contributed by atoms with Crippen LogP contribution in [0.1, 0.15) is 62.6 Å². The molecule has 0 amide bonds. The molecule has 0 bridgehead atoms. The maximum Gasteiger partial charge on any atom is 0.408 e. The maximum absolute atomic E-state index is 14.7. The highest BCUT2D eigenvalue weighted by atomic mass is 32.2. The molecule has 1 N–H and O–H groups in total. The van der Waals surface area contributed by atoms with Gasteiger partial charge in [0.2, 0.25) is 10.0 Å². The number of alkyl halides is 3. The summed E-state index contributed by atoms with van der Waals surface area (Å²) in [5.41, 5.74) is 0.782. The van der Waals surface area contributed by atoms with Crippen LogP contribution in [0, 0.1) is 11.7 Å². The smallest absolute Gasteiger partial charge is 0.347 e. The topological polar surface area (TPSA) is 51.1 Å². The van der Waals surface area contributed by atoms with E-state index in [9.17, 15) is 26.0 Å². The summed E-state index contributed by atoms with van der Waals surface area (Å²) in [6, 6.07) is 0.367. The van der Waals surface area contributed by atoms with Gasteiger partial charge in [-0.15, -0.1) is 0 Å². The summed E-state index contributed by atoms with van der Waals surface area (Å²) in [6.07, 6.45) is -1.07. The van der Waals surface area contributed by atoms with Crippen LogP contribution in [-0.2, 0) is 16.6 Å². The zero-order valence-corrected chi connectivity index (χ0v) is 17.1. The molecule has 1 aromatic carbocycles. The Kier molecular flexibility index (Phi) is 4.97. The first-order valence-corrected chi connectivity index (χ1v) is 11.4. The Labute approximate surface area is 167 Å². The van der Waals surface area contributed by atoms with E-state index in [1.54, 1.807) is 10.6 Å². The standard InChI is InChI=1S/C20H24F4N2O2S/c1-11(2)9-26-10-16(15-7-17(21)14(8-18(15)26)12-3-4-12)19(20(22,23)24)25-29(27,28)13-5-6-13/h7-8,10-13,19,25H,3-6,9H2,1-2H3. The van der Waals surface area contributed by atoms with E-state index in [1.165, 1.54) is 6.20 Å². The quantitative estimate of drug-likeness (QED) is 0.626. The molecule has 4 rings (SSSR count). The molecule has 1 unspecified atom stereocenters. The lowest BCUT2D eigenvalue weighted by molar-refractivity contribution is -0.152. The molecule has 0 aliphatic heterocycles. The molecule has 2 aromatic rings. The first kappa shape index (κ1) is 20.7. The van der Waals surface area contributed by atoms with E-state index in [0.29, 0.717) is 30.5 Å². The molecular formula is C20H24F4N2O2S. The Morgan fingerprint density at radius 2 is 1.83 bits per heavy atom. The van der Waals surface area contributed by atoms with Crippen molar-refractivity contribution in [2.75, 3.05) is 0 Å². The highest BCUT2D eigenvalue weighted by molar-refractivity contribution is 7.90. The van der Waals surface area contributed by atoms with Gasteiger partial charge < -0.3 is 4.57 Å². The second-order valence-corrected chi connectivity index (χ2v) is 10.6. The fraction of sp³-hybridized carbons (Fsp3) is 0.600. The number of nitrogens with one attached hydrogen (secondary N) is 1. The van der Waals surface area contributed by atoms with Crippen LogP contribution in [0.5, 0.6) is 0 Å². The predicted molar refractivity (Wildman–Crippen MR) is 103 cm³/mol. The number of halogens is 4. The molecule has 29 heavy (non-hydrogen) atoms. The van der Waals surface area contributed by atoms with Crippen molar-refractivity contribution in [3.63, 3.8) is 0 Å². The first-order chi connectivity index (χ1) is 13.5. The number of sulfonamides is 1. The second-order valence-electron chi connectivity index (χ2n) is 8.63. The van der Waals surface area contributed by atoms with Crippen molar-refractivity contribution in [1.29, 1.82) is 0 Å². The fourth-order valence-electron chi connectivity index (χ4n) is 3.78. The Bertz CT molecular complexity index is 1030. The number of hydrogen-bond acceptors (Lipinski definition) is 2. The summed E-state index contributed by atoms with van der Waals surface area (Å²) < 4.78 is 84.5. The molecule has 0 radical (unpaired) electrons. The van der Waals surface area contributed by atoms with Crippen LogP contribution in [0.4, 0.5) is 17.6 Å².